The van der Waals surface area contributed by atoms with Crippen LogP contribution in [-0.4, -0.2) is 25.7 Å². The molecule has 0 saturated carbocycles. The average Bonchev–Trinajstić information content (AvgIpc) is 2.71. The maximum Gasteiger partial charge on any atom is 0.261 e. The lowest BCUT2D eigenvalue weighted by atomic mass is 10.1. The molecule has 1 aromatic heterocycles. The maximum absolute atomic E-state index is 12.2. The molecule has 118 valence electrons. The van der Waals surface area contributed by atoms with Crippen molar-refractivity contribution in [2.24, 2.45) is 0 Å². The van der Waals surface area contributed by atoms with Gasteiger partial charge in [-0.3, -0.25) is 9.52 Å². The van der Waals surface area contributed by atoms with E-state index in [0.29, 0.717) is 28.4 Å². The molecule has 1 amide bonds. The molecule has 1 heterocycles. The van der Waals surface area contributed by atoms with Gasteiger partial charge >= 0.3 is 0 Å². The van der Waals surface area contributed by atoms with Crippen molar-refractivity contribution in [3.8, 4) is 0 Å². The van der Waals surface area contributed by atoms with Gasteiger partial charge < -0.3 is 9.84 Å². The molecule has 0 unspecified atom stereocenters. The van der Waals surface area contributed by atoms with E-state index in [9.17, 15) is 13.2 Å². The summed E-state index contributed by atoms with van der Waals surface area (Å²) in [6, 6.07) is 4.97. The number of amides is 1. The number of hydrogen-bond donors (Lipinski definition) is 2. The second kappa shape index (κ2) is 5.80. The number of carbonyl (C=O) groups is 1. The van der Waals surface area contributed by atoms with E-state index in [0.717, 1.165) is 11.8 Å². The van der Waals surface area contributed by atoms with Crippen LogP contribution in [0, 0.1) is 20.8 Å². The van der Waals surface area contributed by atoms with Gasteiger partial charge in [0.25, 0.3) is 5.91 Å². The number of hydrogen-bond acceptors (Lipinski definition) is 5. The highest BCUT2D eigenvalue weighted by Gasteiger charge is 2.18. The molecule has 0 atom stereocenters. The highest BCUT2D eigenvalue weighted by molar-refractivity contribution is 7.92. The molecule has 0 bridgehead atoms. The van der Waals surface area contributed by atoms with E-state index in [1.807, 2.05) is 0 Å². The molecule has 7 nitrogen and oxygen atoms in total. The molecule has 0 saturated heterocycles. The Labute approximate surface area is 128 Å². The molecule has 0 aliphatic carbocycles. The Hall–Kier alpha value is -2.35. The normalized spacial score (nSPS) is 11.3. The zero-order valence-electron chi connectivity index (χ0n) is 12.7. The topological polar surface area (TPSA) is 101 Å². The third-order valence-corrected chi connectivity index (χ3v) is 3.64. The molecule has 0 aliphatic heterocycles. The van der Waals surface area contributed by atoms with E-state index in [1.54, 1.807) is 39.0 Å². The number of benzene rings is 1. The third-order valence-electron chi connectivity index (χ3n) is 3.05. The number of carbonyl (C=O) groups excluding carboxylic acids is 1. The van der Waals surface area contributed by atoms with Crippen LogP contribution in [0.2, 0.25) is 0 Å². The minimum absolute atomic E-state index is 0.356. The van der Waals surface area contributed by atoms with Gasteiger partial charge in [-0.05, 0) is 38.5 Å². The van der Waals surface area contributed by atoms with Crippen molar-refractivity contribution < 1.29 is 17.7 Å². The first-order valence-corrected chi connectivity index (χ1v) is 8.39. The van der Waals surface area contributed by atoms with E-state index in [2.05, 4.69) is 15.2 Å². The van der Waals surface area contributed by atoms with Gasteiger partial charge in [0.1, 0.15) is 11.3 Å². The molecule has 0 aliphatic rings. The van der Waals surface area contributed by atoms with Crippen LogP contribution in [0.25, 0.3) is 0 Å². The second-order valence-electron chi connectivity index (χ2n) is 5.06. The zero-order valence-corrected chi connectivity index (χ0v) is 13.5. The van der Waals surface area contributed by atoms with Crippen LogP contribution < -0.4 is 10.0 Å². The summed E-state index contributed by atoms with van der Waals surface area (Å²) in [5.41, 5.74) is 2.51. The van der Waals surface area contributed by atoms with Crippen LogP contribution in [-0.2, 0) is 10.0 Å². The fraction of sp³-hybridized carbons (Fsp3) is 0.286. The first-order valence-electron chi connectivity index (χ1n) is 6.50. The molecule has 0 radical (unpaired) electrons. The van der Waals surface area contributed by atoms with Crippen molar-refractivity contribution in [3.63, 3.8) is 0 Å². The third kappa shape index (κ3) is 3.64. The van der Waals surface area contributed by atoms with E-state index >= 15 is 0 Å². The number of nitrogens with one attached hydrogen (secondary N) is 2. The molecule has 2 aromatic rings. The van der Waals surface area contributed by atoms with Gasteiger partial charge in [-0.1, -0.05) is 11.2 Å². The minimum Gasteiger partial charge on any atom is -0.361 e. The molecule has 0 spiro atoms. The first-order chi connectivity index (χ1) is 10.2. The SMILES string of the molecule is Cc1ccc(NC(=O)c2c(C)noc2C)cc1NS(C)(=O)=O. The molecule has 1 aromatic carbocycles. The van der Waals surface area contributed by atoms with E-state index in [-0.39, 0.29) is 5.91 Å². The molecule has 22 heavy (non-hydrogen) atoms. The number of aryl methyl sites for hydroxylation is 3. The Morgan fingerprint density at radius 3 is 2.45 bits per heavy atom. The predicted molar refractivity (Wildman–Crippen MR) is 83.6 cm³/mol. The van der Waals surface area contributed by atoms with Crippen molar-refractivity contribution >= 4 is 27.3 Å². The van der Waals surface area contributed by atoms with E-state index in [4.69, 9.17) is 4.52 Å². The van der Waals surface area contributed by atoms with Crippen molar-refractivity contribution in [1.82, 2.24) is 5.16 Å². The summed E-state index contributed by atoms with van der Waals surface area (Å²) >= 11 is 0. The van der Waals surface area contributed by atoms with Crippen molar-refractivity contribution in [2.75, 3.05) is 16.3 Å². The minimum atomic E-state index is -3.39. The van der Waals surface area contributed by atoms with Crippen molar-refractivity contribution in [3.05, 3.63) is 40.8 Å². The molecule has 2 rings (SSSR count). The summed E-state index contributed by atoms with van der Waals surface area (Å²) in [7, 11) is -3.39. The molecule has 0 fully saturated rings. The standard InChI is InChI=1S/C14H17N3O4S/c1-8-5-6-11(7-12(8)17-22(4,19)20)15-14(18)13-9(2)16-21-10(13)3/h5-7,17H,1-4H3,(H,15,18). The van der Waals surface area contributed by atoms with E-state index < -0.39 is 10.0 Å². The number of rotatable bonds is 4. The molecule has 2 N–H and O–H groups in total. The quantitative estimate of drug-likeness (QED) is 0.898. The lowest BCUT2D eigenvalue weighted by Crippen LogP contribution is -2.15. The fourth-order valence-electron chi connectivity index (χ4n) is 2.01. The Morgan fingerprint density at radius 1 is 1.23 bits per heavy atom. The molecule has 8 heteroatoms. The van der Waals surface area contributed by atoms with Crippen LogP contribution in [0.4, 0.5) is 11.4 Å². The van der Waals surface area contributed by atoms with Crippen LogP contribution in [0.5, 0.6) is 0 Å². The zero-order chi connectivity index (χ0) is 16.5. The summed E-state index contributed by atoms with van der Waals surface area (Å²) in [5, 5.41) is 6.44. The van der Waals surface area contributed by atoms with Crippen LogP contribution in [0.1, 0.15) is 27.4 Å². The summed E-state index contributed by atoms with van der Waals surface area (Å²) in [6.07, 6.45) is 1.07. The Morgan fingerprint density at radius 2 is 1.91 bits per heavy atom. The average molecular weight is 323 g/mol. The highest BCUT2D eigenvalue weighted by Crippen LogP contribution is 2.22. The van der Waals surface area contributed by atoms with Gasteiger partial charge in [-0.15, -0.1) is 0 Å². The van der Waals surface area contributed by atoms with Crippen LogP contribution >= 0.6 is 0 Å². The van der Waals surface area contributed by atoms with Crippen molar-refractivity contribution in [1.29, 1.82) is 0 Å². The Balaban J connectivity index is 2.27. The summed E-state index contributed by atoms with van der Waals surface area (Å²) < 4.78 is 30.1. The first kappa shape index (κ1) is 16.0. The Bertz CT molecular complexity index is 805. The Kier molecular flexibility index (Phi) is 4.23. The monoisotopic (exact) mass is 323 g/mol. The van der Waals surface area contributed by atoms with Gasteiger partial charge in [0.15, 0.2) is 0 Å². The van der Waals surface area contributed by atoms with Crippen LogP contribution in [0.3, 0.4) is 0 Å². The largest absolute Gasteiger partial charge is 0.361 e. The number of nitrogens with zero attached hydrogens (tertiary/aromatic N) is 1. The molecular weight excluding hydrogens is 306 g/mol. The predicted octanol–water partition coefficient (Wildman–Crippen LogP) is 2.22. The van der Waals surface area contributed by atoms with Gasteiger partial charge in [-0.25, -0.2) is 8.42 Å². The van der Waals surface area contributed by atoms with Gasteiger partial charge in [-0.2, -0.15) is 0 Å². The van der Waals surface area contributed by atoms with Crippen molar-refractivity contribution in [2.45, 2.75) is 20.8 Å². The fourth-order valence-corrected chi connectivity index (χ4v) is 2.63. The summed E-state index contributed by atoms with van der Waals surface area (Å²) in [6.45, 7) is 5.10. The molecular formula is C14H17N3O4S. The van der Waals surface area contributed by atoms with Gasteiger partial charge in [0.05, 0.1) is 17.6 Å². The lowest BCUT2D eigenvalue weighted by Gasteiger charge is -2.11. The lowest BCUT2D eigenvalue weighted by molar-refractivity contribution is 0.102. The van der Waals surface area contributed by atoms with Gasteiger partial charge in [0.2, 0.25) is 10.0 Å². The number of anilines is 2. The number of aromatic nitrogens is 1. The number of sulfonamides is 1. The van der Waals surface area contributed by atoms with E-state index in [1.165, 1.54) is 0 Å². The highest BCUT2D eigenvalue weighted by atomic mass is 32.2. The second-order valence-corrected chi connectivity index (χ2v) is 6.81. The van der Waals surface area contributed by atoms with Gasteiger partial charge in [0, 0.05) is 5.69 Å². The smallest absolute Gasteiger partial charge is 0.261 e. The summed E-state index contributed by atoms with van der Waals surface area (Å²) in [5.74, 6) is 0.0713. The van der Waals surface area contributed by atoms with Crippen LogP contribution in [0.15, 0.2) is 22.7 Å². The summed E-state index contributed by atoms with van der Waals surface area (Å²) in [4.78, 5) is 12.2. The maximum atomic E-state index is 12.2.